The van der Waals surface area contributed by atoms with Crippen molar-refractivity contribution in [3.05, 3.63) is 36.9 Å². The highest BCUT2D eigenvalue weighted by Crippen LogP contribution is 2.33. The van der Waals surface area contributed by atoms with Crippen molar-refractivity contribution in [2.75, 3.05) is 19.0 Å². The van der Waals surface area contributed by atoms with Gasteiger partial charge in [-0.25, -0.2) is 4.98 Å². The molecule has 0 aliphatic heterocycles. The van der Waals surface area contributed by atoms with Gasteiger partial charge in [0.15, 0.2) is 0 Å². The van der Waals surface area contributed by atoms with Gasteiger partial charge in [0.2, 0.25) is 5.91 Å². The first-order valence-corrected chi connectivity index (χ1v) is 8.25. The normalized spacial score (nSPS) is 15.9. The first-order chi connectivity index (χ1) is 11.7. The molecule has 0 bridgehead atoms. The van der Waals surface area contributed by atoms with Crippen molar-refractivity contribution < 1.29 is 9.53 Å². The van der Waals surface area contributed by atoms with Crippen LogP contribution in [0.25, 0.3) is 0 Å². The van der Waals surface area contributed by atoms with Crippen LogP contribution in [0.3, 0.4) is 0 Å². The molecule has 2 aromatic rings. The molecule has 1 aliphatic rings. The molecule has 0 radical (unpaired) electrons. The zero-order chi connectivity index (χ0) is 16.8. The van der Waals surface area contributed by atoms with Gasteiger partial charge in [-0.05, 0) is 37.1 Å². The topological polar surface area (TPSA) is 81.1 Å². The summed E-state index contributed by atoms with van der Waals surface area (Å²) >= 11 is 0. The molecule has 1 aromatic heterocycles. The Balaban J connectivity index is 1.62. The van der Waals surface area contributed by atoms with Crippen LogP contribution in [0.15, 0.2) is 36.9 Å². The highest BCUT2D eigenvalue weighted by atomic mass is 16.5. The largest absolute Gasteiger partial charge is 0.497 e. The Labute approximate surface area is 141 Å². The van der Waals surface area contributed by atoms with E-state index in [1.165, 1.54) is 6.33 Å². The molecule has 1 amide bonds. The maximum absolute atomic E-state index is 12.8. The minimum absolute atomic E-state index is 0.0518. The first kappa shape index (κ1) is 16.3. The van der Waals surface area contributed by atoms with Gasteiger partial charge >= 0.3 is 0 Å². The number of hydrogen-bond acceptors (Lipinski definition) is 5. The molecule has 7 heteroatoms. The molecule has 0 unspecified atom stereocenters. The number of ether oxygens (including phenoxy) is 1. The summed E-state index contributed by atoms with van der Waals surface area (Å²) in [4.78, 5) is 16.7. The maximum atomic E-state index is 12.8. The Morgan fingerprint density at radius 3 is 2.67 bits per heavy atom. The van der Waals surface area contributed by atoms with Crippen LogP contribution >= 0.6 is 0 Å². The molecule has 7 nitrogen and oxygen atoms in total. The maximum Gasteiger partial charge on any atom is 0.245 e. The lowest BCUT2D eigenvalue weighted by Gasteiger charge is -2.30. The Bertz CT molecular complexity index is 648. The molecule has 24 heavy (non-hydrogen) atoms. The van der Waals surface area contributed by atoms with Crippen LogP contribution in [-0.2, 0) is 11.3 Å². The average Bonchev–Trinajstić information content (AvgIpc) is 3.28. The summed E-state index contributed by atoms with van der Waals surface area (Å²) in [6, 6.07) is 7.68. The van der Waals surface area contributed by atoms with Crippen molar-refractivity contribution in [1.82, 2.24) is 20.1 Å². The minimum atomic E-state index is -0.531. The number of rotatable bonds is 7. The van der Waals surface area contributed by atoms with Crippen molar-refractivity contribution >= 4 is 11.6 Å². The smallest absolute Gasteiger partial charge is 0.245 e. The van der Waals surface area contributed by atoms with Crippen LogP contribution in [0.4, 0.5) is 5.69 Å². The Morgan fingerprint density at radius 1 is 1.29 bits per heavy atom. The fourth-order valence-electron chi connectivity index (χ4n) is 3.14. The van der Waals surface area contributed by atoms with Crippen LogP contribution in [0.1, 0.15) is 25.7 Å². The van der Waals surface area contributed by atoms with E-state index in [-0.39, 0.29) is 5.91 Å². The van der Waals surface area contributed by atoms with Crippen molar-refractivity contribution in [1.29, 1.82) is 0 Å². The molecule has 0 saturated heterocycles. The van der Waals surface area contributed by atoms with Gasteiger partial charge in [0.05, 0.1) is 13.7 Å². The summed E-state index contributed by atoms with van der Waals surface area (Å²) in [7, 11) is 1.64. The van der Waals surface area contributed by atoms with Crippen molar-refractivity contribution in [2.24, 2.45) is 0 Å². The third kappa shape index (κ3) is 3.67. The van der Waals surface area contributed by atoms with Crippen LogP contribution in [0.2, 0.25) is 0 Å². The van der Waals surface area contributed by atoms with Gasteiger partial charge in [-0.2, -0.15) is 5.10 Å². The summed E-state index contributed by atoms with van der Waals surface area (Å²) in [5.41, 5.74) is 0.404. The summed E-state index contributed by atoms with van der Waals surface area (Å²) in [6.07, 6.45) is 6.93. The standard InChI is InChI=1S/C17H23N5O2/c1-24-15-6-4-14(5-7-15)21-17(8-2-3-9-17)16(23)19-10-11-22-13-18-12-20-22/h4-7,12-13,21H,2-3,8-11H2,1H3,(H,19,23). The molecule has 2 N–H and O–H groups in total. The molecule has 1 heterocycles. The fraction of sp³-hybridized carbons (Fsp3) is 0.471. The summed E-state index contributed by atoms with van der Waals surface area (Å²) in [6.45, 7) is 1.15. The van der Waals surface area contributed by atoms with Gasteiger partial charge in [-0.3, -0.25) is 9.48 Å². The van der Waals surface area contributed by atoms with E-state index in [1.807, 2.05) is 24.3 Å². The second-order valence-corrected chi connectivity index (χ2v) is 6.06. The molecule has 1 aliphatic carbocycles. The predicted octanol–water partition coefficient (Wildman–Crippen LogP) is 1.83. The number of nitrogens with one attached hydrogen (secondary N) is 2. The highest BCUT2D eigenvalue weighted by molar-refractivity contribution is 5.89. The highest BCUT2D eigenvalue weighted by Gasteiger charge is 2.40. The van der Waals surface area contributed by atoms with Gasteiger partial charge in [0.1, 0.15) is 23.9 Å². The Hall–Kier alpha value is -2.57. The monoisotopic (exact) mass is 329 g/mol. The third-order valence-electron chi connectivity index (χ3n) is 4.46. The van der Waals surface area contributed by atoms with E-state index >= 15 is 0 Å². The molecule has 128 valence electrons. The number of amides is 1. The first-order valence-electron chi connectivity index (χ1n) is 8.25. The summed E-state index contributed by atoms with van der Waals surface area (Å²) in [5, 5.41) is 10.5. The number of carbonyl (C=O) groups excluding carboxylic acids is 1. The summed E-state index contributed by atoms with van der Waals surface area (Å²) < 4.78 is 6.89. The van der Waals surface area contributed by atoms with E-state index < -0.39 is 5.54 Å². The number of methoxy groups -OCH3 is 1. The van der Waals surface area contributed by atoms with E-state index in [2.05, 4.69) is 20.7 Å². The van der Waals surface area contributed by atoms with Crippen molar-refractivity contribution in [3.63, 3.8) is 0 Å². The number of aromatic nitrogens is 3. The van der Waals surface area contributed by atoms with Gasteiger partial charge < -0.3 is 15.4 Å². The van der Waals surface area contributed by atoms with Crippen LogP contribution in [0.5, 0.6) is 5.75 Å². The zero-order valence-corrected chi connectivity index (χ0v) is 13.9. The van der Waals surface area contributed by atoms with Gasteiger partial charge in [-0.15, -0.1) is 0 Å². The minimum Gasteiger partial charge on any atom is -0.497 e. The third-order valence-corrected chi connectivity index (χ3v) is 4.46. The second kappa shape index (κ2) is 7.33. The predicted molar refractivity (Wildman–Crippen MR) is 90.8 cm³/mol. The lowest BCUT2D eigenvalue weighted by atomic mass is 9.95. The summed E-state index contributed by atoms with van der Waals surface area (Å²) in [5.74, 6) is 0.856. The molecule has 1 saturated carbocycles. The Morgan fingerprint density at radius 2 is 2.04 bits per heavy atom. The van der Waals surface area contributed by atoms with E-state index in [4.69, 9.17) is 4.74 Å². The van der Waals surface area contributed by atoms with Crippen molar-refractivity contribution in [3.8, 4) is 5.75 Å². The fourth-order valence-corrected chi connectivity index (χ4v) is 3.14. The lowest BCUT2D eigenvalue weighted by molar-refractivity contribution is -0.125. The molecule has 1 fully saturated rings. The van der Waals surface area contributed by atoms with E-state index in [9.17, 15) is 4.79 Å². The molecule has 0 spiro atoms. The Kier molecular flexibility index (Phi) is 4.98. The van der Waals surface area contributed by atoms with Crippen molar-refractivity contribution in [2.45, 2.75) is 37.8 Å². The molecular weight excluding hydrogens is 306 g/mol. The van der Waals surface area contributed by atoms with Crippen LogP contribution in [-0.4, -0.2) is 39.9 Å². The average molecular weight is 329 g/mol. The number of hydrogen-bond donors (Lipinski definition) is 2. The van der Waals surface area contributed by atoms with Crippen LogP contribution in [0, 0.1) is 0 Å². The molecular formula is C17H23N5O2. The number of carbonyl (C=O) groups is 1. The zero-order valence-electron chi connectivity index (χ0n) is 13.9. The van der Waals surface area contributed by atoms with Crippen LogP contribution < -0.4 is 15.4 Å². The number of anilines is 1. The number of nitrogens with zero attached hydrogens (tertiary/aromatic N) is 3. The molecule has 0 atom stereocenters. The second-order valence-electron chi connectivity index (χ2n) is 6.06. The van der Waals surface area contributed by atoms with E-state index in [0.29, 0.717) is 13.1 Å². The van der Waals surface area contributed by atoms with E-state index in [0.717, 1.165) is 37.1 Å². The molecule has 1 aromatic carbocycles. The quantitative estimate of drug-likeness (QED) is 0.810. The van der Waals surface area contributed by atoms with Gasteiger partial charge in [0, 0.05) is 12.2 Å². The number of benzene rings is 1. The molecule has 3 rings (SSSR count). The van der Waals surface area contributed by atoms with Gasteiger partial charge in [0.25, 0.3) is 0 Å². The lowest BCUT2D eigenvalue weighted by Crippen LogP contribution is -2.51. The van der Waals surface area contributed by atoms with E-state index in [1.54, 1.807) is 18.1 Å². The SMILES string of the molecule is COc1ccc(NC2(C(=O)NCCn3cncn3)CCCC2)cc1. The van der Waals surface area contributed by atoms with Gasteiger partial charge in [-0.1, -0.05) is 12.8 Å².